The molecule has 2 amide bonds. The summed E-state index contributed by atoms with van der Waals surface area (Å²) in [6.45, 7) is 3.24. The maximum atomic E-state index is 13.0. The van der Waals surface area contributed by atoms with Crippen LogP contribution in [0.15, 0.2) is 77.3 Å². The first kappa shape index (κ1) is 22.1. The average molecular weight is 493 g/mol. The van der Waals surface area contributed by atoms with Crippen molar-refractivity contribution in [1.82, 2.24) is 10.2 Å². The fourth-order valence-electron chi connectivity index (χ4n) is 3.77. The summed E-state index contributed by atoms with van der Waals surface area (Å²) in [6, 6.07) is 22.4. The van der Waals surface area contributed by atoms with Crippen molar-refractivity contribution in [3.05, 3.63) is 94.0 Å². The van der Waals surface area contributed by atoms with Gasteiger partial charge in [0.05, 0.1) is 5.56 Å². The van der Waals surface area contributed by atoms with Crippen LogP contribution in [-0.4, -0.2) is 35.8 Å². The van der Waals surface area contributed by atoms with Crippen molar-refractivity contribution in [3.8, 4) is 11.5 Å². The number of carbonyl (C=O) groups is 2. The van der Waals surface area contributed by atoms with Gasteiger partial charge in [-0.3, -0.25) is 9.59 Å². The van der Waals surface area contributed by atoms with Gasteiger partial charge in [-0.05, 0) is 62.2 Å². The van der Waals surface area contributed by atoms with Gasteiger partial charge in [0.15, 0.2) is 0 Å². The minimum Gasteiger partial charge on any atom is -0.456 e. The first-order chi connectivity index (χ1) is 15.5. The molecule has 0 atom stereocenters. The highest BCUT2D eigenvalue weighted by Crippen LogP contribution is 2.27. The predicted molar refractivity (Wildman–Crippen MR) is 128 cm³/mol. The van der Waals surface area contributed by atoms with Crippen molar-refractivity contribution in [3.63, 3.8) is 0 Å². The van der Waals surface area contributed by atoms with E-state index in [1.807, 2.05) is 72.5 Å². The summed E-state index contributed by atoms with van der Waals surface area (Å²) in [6.07, 6.45) is 1.44. The largest absolute Gasteiger partial charge is 0.456 e. The zero-order chi connectivity index (χ0) is 22.5. The summed E-state index contributed by atoms with van der Waals surface area (Å²) in [5, 5.41) is 3.11. The van der Waals surface area contributed by atoms with Crippen molar-refractivity contribution in [2.45, 2.75) is 25.8 Å². The number of halogens is 1. The van der Waals surface area contributed by atoms with Crippen LogP contribution in [0.1, 0.15) is 39.1 Å². The van der Waals surface area contributed by atoms with Gasteiger partial charge in [-0.25, -0.2) is 0 Å². The molecule has 3 aromatic carbocycles. The van der Waals surface area contributed by atoms with Crippen molar-refractivity contribution in [2.75, 3.05) is 13.1 Å². The molecule has 0 unspecified atom stereocenters. The summed E-state index contributed by atoms with van der Waals surface area (Å²) in [5.74, 6) is 1.04. The maximum Gasteiger partial charge on any atom is 0.255 e. The second kappa shape index (κ2) is 10.0. The lowest BCUT2D eigenvalue weighted by atomic mass is 10.0. The Morgan fingerprint density at radius 2 is 1.69 bits per heavy atom. The molecule has 1 N–H and O–H groups in total. The van der Waals surface area contributed by atoms with E-state index >= 15 is 0 Å². The Bertz CT molecular complexity index is 1110. The number of amides is 2. The van der Waals surface area contributed by atoms with E-state index in [4.69, 9.17) is 4.74 Å². The number of para-hydroxylation sites is 1. The average Bonchev–Trinajstić information content (AvgIpc) is 2.80. The summed E-state index contributed by atoms with van der Waals surface area (Å²) in [5.41, 5.74) is 2.33. The van der Waals surface area contributed by atoms with Gasteiger partial charge in [0, 0.05) is 29.2 Å². The number of aryl methyl sites for hydroxylation is 1. The molecule has 5 nitrogen and oxygen atoms in total. The number of ether oxygens (including phenoxy) is 1. The van der Waals surface area contributed by atoms with Crippen LogP contribution >= 0.6 is 15.9 Å². The molecule has 0 aromatic heterocycles. The highest BCUT2D eigenvalue weighted by Gasteiger charge is 2.25. The van der Waals surface area contributed by atoms with Gasteiger partial charge in [0.2, 0.25) is 0 Å². The van der Waals surface area contributed by atoms with Gasteiger partial charge in [-0.1, -0.05) is 51.8 Å². The van der Waals surface area contributed by atoms with Crippen LogP contribution in [0, 0.1) is 6.92 Å². The molecule has 1 aliphatic heterocycles. The van der Waals surface area contributed by atoms with Crippen LogP contribution in [0.2, 0.25) is 0 Å². The molecule has 0 spiro atoms. The maximum absolute atomic E-state index is 13.0. The van der Waals surface area contributed by atoms with E-state index in [1.54, 1.807) is 12.1 Å². The molecule has 4 rings (SSSR count). The van der Waals surface area contributed by atoms with Crippen LogP contribution < -0.4 is 10.1 Å². The van der Waals surface area contributed by atoms with E-state index < -0.39 is 0 Å². The molecule has 6 heteroatoms. The van der Waals surface area contributed by atoms with Crippen LogP contribution in [-0.2, 0) is 0 Å². The summed E-state index contributed by atoms with van der Waals surface area (Å²) < 4.78 is 6.87. The number of rotatable bonds is 5. The molecule has 1 saturated heterocycles. The van der Waals surface area contributed by atoms with Crippen LogP contribution in [0.5, 0.6) is 11.5 Å². The number of piperidine rings is 1. The van der Waals surface area contributed by atoms with E-state index in [1.165, 1.54) is 0 Å². The standard InChI is InChI=1S/C26H25BrN2O3/c1-18-9-11-19(12-10-18)26(31)29-15-13-21(14-16-29)28-25(30)23-7-2-3-8-24(23)32-22-6-4-5-20(27)17-22/h2-12,17,21H,13-16H2,1H3,(H,28,30). The van der Waals surface area contributed by atoms with Crippen LogP contribution in [0.3, 0.4) is 0 Å². The fourth-order valence-corrected chi connectivity index (χ4v) is 4.15. The first-order valence-corrected chi connectivity index (χ1v) is 11.5. The third kappa shape index (κ3) is 5.37. The van der Waals surface area contributed by atoms with Gasteiger partial charge in [-0.2, -0.15) is 0 Å². The van der Waals surface area contributed by atoms with Crippen molar-refractivity contribution in [2.24, 2.45) is 0 Å². The van der Waals surface area contributed by atoms with Crippen molar-refractivity contribution in [1.29, 1.82) is 0 Å². The highest BCUT2D eigenvalue weighted by molar-refractivity contribution is 9.10. The summed E-state index contributed by atoms with van der Waals surface area (Å²) >= 11 is 3.43. The third-order valence-corrected chi connectivity index (χ3v) is 6.06. The van der Waals surface area contributed by atoms with E-state index in [-0.39, 0.29) is 17.9 Å². The molecule has 32 heavy (non-hydrogen) atoms. The molecule has 164 valence electrons. The van der Waals surface area contributed by atoms with Crippen molar-refractivity contribution >= 4 is 27.7 Å². The number of likely N-dealkylation sites (tertiary alicyclic amines) is 1. The second-order valence-corrected chi connectivity index (χ2v) is 8.88. The van der Waals surface area contributed by atoms with Gasteiger partial charge in [0.25, 0.3) is 11.8 Å². The molecule has 0 radical (unpaired) electrons. The number of hydrogen-bond acceptors (Lipinski definition) is 3. The minimum absolute atomic E-state index is 0.0171. The monoisotopic (exact) mass is 492 g/mol. The Kier molecular flexibility index (Phi) is 6.90. The fraction of sp³-hybridized carbons (Fsp3) is 0.231. The van der Waals surface area contributed by atoms with Gasteiger partial charge in [0.1, 0.15) is 11.5 Å². The smallest absolute Gasteiger partial charge is 0.255 e. The SMILES string of the molecule is Cc1ccc(C(=O)N2CCC(NC(=O)c3ccccc3Oc3cccc(Br)c3)CC2)cc1. The number of carbonyl (C=O) groups excluding carboxylic acids is 2. The zero-order valence-corrected chi connectivity index (χ0v) is 19.5. The molecule has 0 aliphatic carbocycles. The Balaban J connectivity index is 1.36. The lowest BCUT2D eigenvalue weighted by molar-refractivity contribution is 0.0698. The Morgan fingerprint density at radius 3 is 2.41 bits per heavy atom. The second-order valence-electron chi connectivity index (χ2n) is 7.96. The van der Waals surface area contributed by atoms with Crippen molar-refractivity contribution < 1.29 is 14.3 Å². The molecule has 0 saturated carbocycles. The molecule has 1 aliphatic rings. The third-order valence-electron chi connectivity index (χ3n) is 5.57. The van der Waals surface area contributed by atoms with Gasteiger partial charge in [-0.15, -0.1) is 0 Å². The van der Waals surface area contributed by atoms with Gasteiger partial charge >= 0.3 is 0 Å². The Morgan fingerprint density at radius 1 is 0.969 bits per heavy atom. The first-order valence-electron chi connectivity index (χ1n) is 10.7. The zero-order valence-electron chi connectivity index (χ0n) is 17.9. The molecule has 1 fully saturated rings. The predicted octanol–water partition coefficient (Wildman–Crippen LogP) is 5.58. The highest BCUT2D eigenvalue weighted by atomic mass is 79.9. The topological polar surface area (TPSA) is 58.6 Å². The number of hydrogen-bond donors (Lipinski definition) is 1. The molecular formula is C26H25BrN2O3. The summed E-state index contributed by atoms with van der Waals surface area (Å²) in [4.78, 5) is 27.6. The van der Waals surface area contributed by atoms with E-state index in [9.17, 15) is 9.59 Å². The Hall–Kier alpha value is -3.12. The molecule has 1 heterocycles. The van der Waals surface area contributed by atoms with E-state index in [2.05, 4.69) is 21.2 Å². The quantitative estimate of drug-likeness (QED) is 0.505. The number of nitrogens with zero attached hydrogens (tertiary/aromatic N) is 1. The lowest BCUT2D eigenvalue weighted by Crippen LogP contribution is -2.46. The molecular weight excluding hydrogens is 468 g/mol. The van der Waals surface area contributed by atoms with E-state index in [0.717, 1.165) is 22.9 Å². The number of nitrogens with one attached hydrogen (secondary N) is 1. The normalized spacial score (nSPS) is 14.1. The van der Waals surface area contributed by atoms with Crippen LogP contribution in [0.4, 0.5) is 0 Å². The number of benzene rings is 3. The van der Waals surface area contributed by atoms with Gasteiger partial charge < -0.3 is 15.0 Å². The minimum atomic E-state index is -0.168. The van der Waals surface area contributed by atoms with Crippen LogP contribution in [0.25, 0.3) is 0 Å². The van der Waals surface area contributed by atoms with E-state index in [0.29, 0.717) is 35.7 Å². The lowest BCUT2D eigenvalue weighted by Gasteiger charge is -2.32. The molecule has 0 bridgehead atoms. The summed E-state index contributed by atoms with van der Waals surface area (Å²) in [7, 11) is 0. The Labute approximate surface area is 196 Å². The molecule has 3 aromatic rings.